The fraction of sp³-hybridized carbons (Fsp3) is 0.600. The number of hydrogen-bond donors (Lipinski definition) is 2. The number of aliphatic hydroxyl groups is 1. The van der Waals surface area contributed by atoms with Crippen molar-refractivity contribution in [3.63, 3.8) is 0 Å². The van der Waals surface area contributed by atoms with Crippen molar-refractivity contribution in [2.75, 3.05) is 20.3 Å². The summed E-state index contributed by atoms with van der Waals surface area (Å²) in [6.07, 6.45) is 0.546. The smallest absolute Gasteiger partial charge is 0.173 e. The highest BCUT2D eigenvalue weighted by Gasteiger charge is 2.17. The Morgan fingerprint density at radius 3 is 2.71 bits per heavy atom. The molecule has 0 fully saturated rings. The lowest BCUT2D eigenvalue weighted by Gasteiger charge is -2.20. The highest BCUT2D eigenvalue weighted by Crippen LogP contribution is 2.23. The molecule has 0 aliphatic carbocycles. The number of hydrogen-bond acceptors (Lipinski definition) is 5. The Balaban J connectivity index is 2.55. The van der Waals surface area contributed by atoms with Crippen molar-refractivity contribution in [2.24, 2.45) is 5.73 Å². The first-order chi connectivity index (χ1) is 10.1. The average Bonchev–Trinajstić information content (AvgIpc) is 2.47. The molecule has 0 spiro atoms. The fourth-order valence-corrected chi connectivity index (χ4v) is 1.71. The third-order valence-corrected chi connectivity index (χ3v) is 2.96. The van der Waals surface area contributed by atoms with Crippen LogP contribution in [-0.4, -0.2) is 37.8 Å². The van der Waals surface area contributed by atoms with E-state index in [9.17, 15) is 9.50 Å². The second-order valence-corrected chi connectivity index (χ2v) is 4.73. The Labute approximate surface area is 124 Å². The van der Waals surface area contributed by atoms with Crippen LogP contribution in [0.3, 0.4) is 0 Å². The molecular formula is C15H24FNO4. The lowest BCUT2D eigenvalue weighted by Crippen LogP contribution is -2.40. The van der Waals surface area contributed by atoms with E-state index in [1.54, 1.807) is 13.2 Å². The molecule has 0 radical (unpaired) electrons. The highest BCUT2D eigenvalue weighted by atomic mass is 19.1. The van der Waals surface area contributed by atoms with Crippen molar-refractivity contribution >= 4 is 0 Å². The van der Waals surface area contributed by atoms with E-state index in [2.05, 4.69) is 0 Å². The van der Waals surface area contributed by atoms with Gasteiger partial charge in [0, 0.05) is 13.2 Å². The van der Waals surface area contributed by atoms with Gasteiger partial charge in [-0.15, -0.1) is 0 Å². The van der Waals surface area contributed by atoms with Crippen molar-refractivity contribution in [2.45, 2.75) is 38.5 Å². The SMILES string of the molecule is CCCCC(O)C(N)Oc1ccc(OCCOC)cc1F. The molecule has 0 aliphatic heterocycles. The molecule has 1 aromatic rings. The molecule has 0 aromatic heterocycles. The number of aliphatic hydroxyl groups excluding tert-OH is 1. The number of rotatable bonds is 10. The van der Waals surface area contributed by atoms with Crippen LogP contribution in [0.1, 0.15) is 26.2 Å². The minimum atomic E-state index is -0.952. The van der Waals surface area contributed by atoms with E-state index >= 15 is 0 Å². The molecule has 6 heteroatoms. The third-order valence-electron chi connectivity index (χ3n) is 2.96. The van der Waals surface area contributed by atoms with Gasteiger partial charge in [0.25, 0.3) is 0 Å². The van der Waals surface area contributed by atoms with Gasteiger partial charge in [-0.1, -0.05) is 19.8 Å². The molecule has 2 atom stereocenters. The van der Waals surface area contributed by atoms with E-state index in [4.69, 9.17) is 19.9 Å². The number of nitrogens with two attached hydrogens (primary N) is 1. The van der Waals surface area contributed by atoms with E-state index in [0.29, 0.717) is 25.4 Å². The van der Waals surface area contributed by atoms with Gasteiger partial charge in [0.2, 0.25) is 0 Å². The van der Waals surface area contributed by atoms with Crippen molar-refractivity contribution in [1.29, 1.82) is 0 Å². The predicted molar refractivity (Wildman–Crippen MR) is 77.9 cm³/mol. The lowest BCUT2D eigenvalue weighted by molar-refractivity contribution is 0.0311. The lowest BCUT2D eigenvalue weighted by atomic mass is 10.1. The largest absolute Gasteiger partial charge is 0.491 e. The first kappa shape index (κ1) is 17.7. The van der Waals surface area contributed by atoms with Crippen LogP contribution >= 0.6 is 0 Å². The standard InChI is InChI=1S/C15H24FNO4/c1-3-4-5-13(18)15(17)21-14-7-6-11(10-12(14)16)20-9-8-19-2/h6-7,10,13,15,18H,3-5,8-9,17H2,1-2H3. The molecule has 120 valence electrons. The van der Waals surface area contributed by atoms with Crippen LogP contribution in [0.15, 0.2) is 18.2 Å². The number of unbranched alkanes of at least 4 members (excludes halogenated alkanes) is 1. The predicted octanol–water partition coefficient (Wildman–Crippen LogP) is 2.07. The summed E-state index contributed by atoms with van der Waals surface area (Å²) in [6, 6.07) is 4.24. The summed E-state index contributed by atoms with van der Waals surface area (Å²) in [5, 5.41) is 9.79. The number of methoxy groups -OCH3 is 1. The zero-order valence-electron chi connectivity index (χ0n) is 12.5. The molecule has 0 aliphatic rings. The second-order valence-electron chi connectivity index (χ2n) is 4.73. The van der Waals surface area contributed by atoms with Gasteiger partial charge in [-0.25, -0.2) is 4.39 Å². The van der Waals surface area contributed by atoms with Crippen LogP contribution in [0.4, 0.5) is 4.39 Å². The van der Waals surface area contributed by atoms with Crippen molar-refractivity contribution in [1.82, 2.24) is 0 Å². The highest BCUT2D eigenvalue weighted by molar-refractivity contribution is 5.33. The summed E-state index contributed by atoms with van der Waals surface area (Å²) in [4.78, 5) is 0. The first-order valence-corrected chi connectivity index (χ1v) is 7.10. The van der Waals surface area contributed by atoms with Crippen molar-refractivity contribution in [3.8, 4) is 11.5 Å². The van der Waals surface area contributed by atoms with Gasteiger partial charge < -0.3 is 19.3 Å². The van der Waals surface area contributed by atoms with Gasteiger partial charge in [-0.05, 0) is 18.6 Å². The number of benzene rings is 1. The first-order valence-electron chi connectivity index (χ1n) is 7.10. The zero-order valence-corrected chi connectivity index (χ0v) is 12.5. The molecule has 0 bridgehead atoms. The molecule has 0 saturated carbocycles. The van der Waals surface area contributed by atoms with Crippen molar-refractivity contribution in [3.05, 3.63) is 24.0 Å². The Bertz CT molecular complexity index is 417. The molecule has 3 N–H and O–H groups in total. The van der Waals surface area contributed by atoms with Gasteiger partial charge >= 0.3 is 0 Å². The maximum Gasteiger partial charge on any atom is 0.173 e. The quantitative estimate of drug-likeness (QED) is 0.511. The molecule has 1 aromatic carbocycles. The topological polar surface area (TPSA) is 73.9 Å². The van der Waals surface area contributed by atoms with Gasteiger partial charge in [0.15, 0.2) is 17.8 Å². The summed E-state index contributed by atoms with van der Waals surface area (Å²) < 4.78 is 29.2. The van der Waals surface area contributed by atoms with Crippen LogP contribution in [0.2, 0.25) is 0 Å². The van der Waals surface area contributed by atoms with Crippen LogP contribution < -0.4 is 15.2 Å². The van der Waals surface area contributed by atoms with Gasteiger partial charge in [-0.3, -0.25) is 5.73 Å². The normalized spacial score (nSPS) is 13.8. The molecule has 2 unspecified atom stereocenters. The molecule has 0 heterocycles. The Morgan fingerprint density at radius 2 is 2.10 bits per heavy atom. The Kier molecular flexibility index (Phi) is 8.04. The monoisotopic (exact) mass is 301 g/mol. The van der Waals surface area contributed by atoms with E-state index in [-0.39, 0.29) is 5.75 Å². The third kappa shape index (κ3) is 6.29. The Hall–Kier alpha value is -1.37. The summed E-state index contributed by atoms with van der Waals surface area (Å²) in [5.74, 6) is -0.197. The van der Waals surface area contributed by atoms with E-state index < -0.39 is 18.1 Å². The van der Waals surface area contributed by atoms with Gasteiger partial charge in [0.1, 0.15) is 18.5 Å². The van der Waals surface area contributed by atoms with Gasteiger partial charge in [0.05, 0.1) is 6.61 Å². The summed E-state index contributed by atoms with van der Waals surface area (Å²) in [7, 11) is 1.56. The fourth-order valence-electron chi connectivity index (χ4n) is 1.71. The molecular weight excluding hydrogens is 277 g/mol. The average molecular weight is 301 g/mol. The van der Waals surface area contributed by atoms with Gasteiger partial charge in [-0.2, -0.15) is 0 Å². The van der Waals surface area contributed by atoms with Crippen LogP contribution in [-0.2, 0) is 4.74 Å². The number of halogens is 1. The van der Waals surface area contributed by atoms with Crippen LogP contribution in [0.25, 0.3) is 0 Å². The zero-order chi connectivity index (χ0) is 15.7. The van der Waals surface area contributed by atoms with E-state index in [1.165, 1.54) is 12.1 Å². The molecule has 1 rings (SSSR count). The van der Waals surface area contributed by atoms with E-state index in [0.717, 1.165) is 12.8 Å². The minimum absolute atomic E-state index is 0.00265. The minimum Gasteiger partial charge on any atom is -0.491 e. The molecule has 5 nitrogen and oxygen atoms in total. The maximum atomic E-state index is 13.9. The molecule has 0 amide bonds. The molecule has 21 heavy (non-hydrogen) atoms. The second kappa shape index (κ2) is 9.55. The van der Waals surface area contributed by atoms with E-state index in [1.807, 2.05) is 6.92 Å². The van der Waals surface area contributed by atoms with Crippen molar-refractivity contribution < 1.29 is 23.7 Å². The number of ether oxygens (including phenoxy) is 3. The van der Waals surface area contributed by atoms with Crippen LogP contribution in [0.5, 0.6) is 11.5 Å². The summed E-state index contributed by atoms with van der Waals surface area (Å²) >= 11 is 0. The molecule has 0 saturated heterocycles. The maximum absolute atomic E-state index is 13.9. The van der Waals surface area contributed by atoms with Crippen LogP contribution in [0, 0.1) is 5.82 Å². The summed E-state index contributed by atoms with van der Waals surface area (Å²) in [5.41, 5.74) is 5.71. The Morgan fingerprint density at radius 1 is 1.33 bits per heavy atom. The summed E-state index contributed by atoms with van der Waals surface area (Å²) in [6.45, 7) is 2.78.